The lowest BCUT2D eigenvalue weighted by atomic mass is 9.73. The van der Waals surface area contributed by atoms with E-state index in [0.29, 0.717) is 11.5 Å². The summed E-state index contributed by atoms with van der Waals surface area (Å²) in [6.45, 7) is 12.2. The van der Waals surface area contributed by atoms with E-state index in [0.717, 1.165) is 25.7 Å². The summed E-state index contributed by atoms with van der Waals surface area (Å²) in [6.07, 6.45) is 3.68. The van der Waals surface area contributed by atoms with Gasteiger partial charge in [0.05, 0.1) is 0 Å². The van der Waals surface area contributed by atoms with Crippen LogP contribution in [0.3, 0.4) is 0 Å². The van der Waals surface area contributed by atoms with Crippen LogP contribution < -0.4 is 5.32 Å². The van der Waals surface area contributed by atoms with Crippen molar-refractivity contribution < 1.29 is 4.74 Å². The van der Waals surface area contributed by atoms with Crippen LogP contribution in [0.4, 0.5) is 0 Å². The number of rotatable bonds is 5. The first-order valence-electron chi connectivity index (χ1n) is 6.43. The van der Waals surface area contributed by atoms with Crippen molar-refractivity contribution in [2.24, 2.45) is 11.3 Å². The monoisotopic (exact) mass is 213 g/mol. The van der Waals surface area contributed by atoms with Crippen molar-refractivity contribution in [2.75, 3.05) is 19.8 Å². The Kier molecular flexibility index (Phi) is 5.07. The van der Waals surface area contributed by atoms with Crippen LogP contribution in [-0.4, -0.2) is 25.8 Å². The van der Waals surface area contributed by atoms with Crippen LogP contribution in [0.5, 0.6) is 0 Å². The third kappa shape index (κ3) is 3.46. The molecular formula is C13H27NO. The van der Waals surface area contributed by atoms with Crippen molar-refractivity contribution in [1.82, 2.24) is 5.32 Å². The number of ether oxygens (including phenoxy) is 1. The van der Waals surface area contributed by atoms with Crippen molar-refractivity contribution in [3.05, 3.63) is 0 Å². The molecule has 1 N–H and O–H groups in total. The predicted molar refractivity (Wildman–Crippen MR) is 65.1 cm³/mol. The zero-order valence-electron chi connectivity index (χ0n) is 10.8. The summed E-state index contributed by atoms with van der Waals surface area (Å²) < 4.78 is 5.45. The molecule has 1 fully saturated rings. The van der Waals surface area contributed by atoms with Gasteiger partial charge in [-0.25, -0.2) is 0 Å². The Morgan fingerprint density at radius 1 is 1.27 bits per heavy atom. The highest BCUT2D eigenvalue weighted by atomic mass is 16.5. The van der Waals surface area contributed by atoms with E-state index in [9.17, 15) is 0 Å². The van der Waals surface area contributed by atoms with Crippen molar-refractivity contribution in [2.45, 2.75) is 53.0 Å². The maximum Gasteiger partial charge on any atom is 0.0469 e. The molecule has 0 radical (unpaired) electrons. The molecule has 0 aromatic heterocycles. The van der Waals surface area contributed by atoms with E-state index in [1.54, 1.807) is 0 Å². The maximum atomic E-state index is 5.45. The molecule has 1 rings (SSSR count). The average molecular weight is 213 g/mol. The molecule has 0 amide bonds. The lowest BCUT2D eigenvalue weighted by Gasteiger charge is -2.41. The molecule has 2 heteroatoms. The highest BCUT2D eigenvalue weighted by Gasteiger charge is 2.34. The minimum Gasteiger partial charge on any atom is -0.381 e. The van der Waals surface area contributed by atoms with Gasteiger partial charge in [0.15, 0.2) is 0 Å². The quantitative estimate of drug-likeness (QED) is 0.758. The molecule has 1 unspecified atom stereocenters. The second-order valence-electron chi connectivity index (χ2n) is 5.33. The van der Waals surface area contributed by atoms with Gasteiger partial charge < -0.3 is 10.1 Å². The van der Waals surface area contributed by atoms with E-state index in [1.807, 2.05) is 0 Å². The topological polar surface area (TPSA) is 21.3 Å². The largest absolute Gasteiger partial charge is 0.381 e. The molecule has 0 aliphatic carbocycles. The Labute approximate surface area is 94.8 Å². The summed E-state index contributed by atoms with van der Waals surface area (Å²) in [7, 11) is 0. The molecule has 1 aliphatic rings. The molecule has 0 aromatic rings. The molecule has 0 saturated carbocycles. The summed E-state index contributed by atoms with van der Waals surface area (Å²) in [5.74, 6) is 0.800. The summed E-state index contributed by atoms with van der Waals surface area (Å²) in [6, 6.07) is 0.649. The third-order valence-electron chi connectivity index (χ3n) is 3.91. The van der Waals surface area contributed by atoms with Crippen LogP contribution in [0, 0.1) is 11.3 Å². The zero-order chi connectivity index (χ0) is 11.3. The van der Waals surface area contributed by atoms with Crippen LogP contribution in [0.25, 0.3) is 0 Å². The minimum absolute atomic E-state index is 0.401. The summed E-state index contributed by atoms with van der Waals surface area (Å²) >= 11 is 0. The fourth-order valence-electron chi connectivity index (χ4n) is 2.57. The molecule has 1 heterocycles. The predicted octanol–water partition coefficient (Wildman–Crippen LogP) is 2.83. The Balaban J connectivity index is 2.62. The van der Waals surface area contributed by atoms with E-state index in [1.165, 1.54) is 19.3 Å². The Hall–Kier alpha value is -0.0800. The lowest BCUT2D eigenvalue weighted by Crippen LogP contribution is -2.48. The zero-order valence-corrected chi connectivity index (χ0v) is 10.8. The van der Waals surface area contributed by atoms with Crippen molar-refractivity contribution >= 4 is 0 Å². The summed E-state index contributed by atoms with van der Waals surface area (Å²) in [5, 5.41) is 3.69. The lowest BCUT2D eigenvalue weighted by molar-refractivity contribution is 0.0310. The van der Waals surface area contributed by atoms with Crippen molar-refractivity contribution in [3.63, 3.8) is 0 Å². The molecular weight excluding hydrogens is 186 g/mol. The van der Waals surface area contributed by atoms with Crippen LogP contribution >= 0.6 is 0 Å². The first-order valence-corrected chi connectivity index (χ1v) is 6.43. The van der Waals surface area contributed by atoms with Gasteiger partial charge in [0.1, 0.15) is 0 Å². The molecule has 0 bridgehead atoms. The highest BCUT2D eigenvalue weighted by Crippen LogP contribution is 2.33. The fourth-order valence-corrected chi connectivity index (χ4v) is 2.57. The second-order valence-corrected chi connectivity index (χ2v) is 5.33. The molecule has 15 heavy (non-hydrogen) atoms. The minimum atomic E-state index is 0.401. The molecule has 0 aromatic carbocycles. The van der Waals surface area contributed by atoms with Crippen LogP contribution in [0.1, 0.15) is 47.0 Å². The Morgan fingerprint density at radius 2 is 1.87 bits per heavy atom. The fraction of sp³-hybridized carbons (Fsp3) is 1.00. The Morgan fingerprint density at radius 3 is 2.33 bits per heavy atom. The normalized spacial score (nSPS) is 21.6. The molecule has 1 aliphatic heterocycles. The summed E-state index contributed by atoms with van der Waals surface area (Å²) in [5.41, 5.74) is 0.401. The molecule has 1 saturated heterocycles. The van der Waals surface area contributed by atoms with E-state index in [4.69, 9.17) is 4.74 Å². The van der Waals surface area contributed by atoms with E-state index in [-0.39, 0.29) is 0 Å². The number of hydrogen-bond donors (Lipinski definition) is 1. The van der Waals surface area contributed by atoms with E-state index in [2.05, 4.69) is 33.0 Å². The second kappa shape index (κ2) is 5.86. The van der Waals surface area contributed by atoms with Gasteiger partial charge in [-0.15, -0.1) is 0 Å². The van der Waals surface area contributed by atoms with Crippen molar-refractivity contribution in [3.8, 4) is 0 Å². The van der Waals surface area contributed by atoms with Gasteiger partial charge in [-0.3, -0.25) is 0 Å². The van der Waals surface area contributed by atoms with Crippen molar-refractivity contribution in [1.29, 1.82) is 0 Å². The van der Waals surface area contributed by atoms with Gasteiger partial charge >= 0.3 is 0 Å². The van der Waals surface area contributed by atoms with Gasteiger partial charge in [-0.05, 0) is 37.1 Å². The van der Waals surface area contributed by atoms with Crippen LogP contribution in [0.2, 0.25) is 0 Å². The molecule has 0 spiro atoms. The number of nitrogens with one attached hydrogen (secondary N) is 1. The van der Waals surface area contributed by atoms with Crippen LogP contribution in [0.15, 0.2) is 0 Å². The van der Waals surface area contributed by atoms with Gasteiger partial charge in [0.2, 0.25) is 0 Å². The van der Waals surface area contributed by atoms with Gasteiger partial charge in [0.25, 0.3) is 0 Å². The summed E-state index contributed by atoms with van der Waals surface area (Å²) in [4.78, 5) is 0. The highest BCUT2D eigenvalue weighted by molar-refractivity contribution is 4.89. The molecule has 90 valence electrons. The SMILES string of the molecule is CCNC(C1CCOCC1)C(C)(C)CC. The third-order valence-corrected chi connectivity index (χ3v) is 3.91. The first kappa shape index (κ1) is 13.0. The maximum absolute atomic E-state index is 5.45. The van der Waals surface area contributed by atoms with E-state index < -0.39 is 0 Å². The first-order chi connectivity index (χ1) is 7.11. The van der Waals surface area contributed by atoms with E-state index >= 15 is 0 Å². The van der Waals surface area contributed by atoms with Gasteiger partial charge in [-0.2, -0.15) is 0 Å². The standard InChI is InChI=1S/C13H27NO/c1-5-13(3,4)12(14-6-2)11-7-9-15-10-8-11/h11-12,14H,5-10H2,1-4H3. The number of hydrogen-bond acceptors (Lipinski definition) is 2. The molecule has 2 nitrogen and oxygen atoms in total. The van der Waals surface area contributed by atoms with Crippen LogP contribution in [-0.2, 0) is 4.74 Å². The van der Waals surface area contributed by atoms with Gasteiger partial charge in [0, 0.05) is 19.3 Å². The van der Waals surface area contributed by atoms with Gasteiger partial charge in [-0.1, -0.05) is 27.7 Å². The average Bonchev–Trinajstić information content (AvgIpc) is 2.27. The Bertz CT molecular complexity index is 173. The smallest absolute Gasteiger partial charge is 0.0469 e. The molecule has 1 atom stereocenters.